The Balaban J connectivity index is 2.14. The average molecular weight is 371 g/mol. The molecule has 138 valence electrons. The molecule has 26 heavy (non-hydrogen) atoms. The van der Waals surface area contributed by atoms with Crippen LogP contribution in [-0.2, 0) is 9.59 Å². The SMILES string of the molecule is CC(NC(=O)C(Sc1ccccc1)c1ccccc1)C(=O)NC(C)(C)C. The Bertz CT molecular complexity index is 727. The number of amides is 2. The molecular weight excluding hydrogens is 344 g/mol. The number of hydrogen-bond acceptors (Lipinski definition) is 3. The molecule has 0 saturated carbocycles. The molecule has 0 spiro atoms. The molecule has 2 rings (SSSR count). The Morgan fingerprint density at radius 3 is 1.96 bits per heavy atom. The predicted octanol–water partition coefficient (Wildman–Crippen LogP) is 3.94. The van der Waals surface area contributed by atoms with Crippen molar-refractivity contribution in [3.63, 3.8) is 0 Å². The highest BCUT2D eigenvalue weighted by molar-refractivity contribution is 8.00. The van der Waals surface area contributed by atoms with E-state index in [2.05, 4.69) is 10.6 Å². The third-order valence-electron chi connectivity index (χ3n) is 3.59. The first-order valence-corrected chi connectivity index (χ1v) is 9.53. The van der Waals surface area contributed by atoms with Crippen molar-refractivity contribution in [1.29, 1.82) is 0 Å². The highest BCUT2D eigenvalue weighted by Gasteiger charge is 2.26. The van der Waals surface area contributed by atoms with Gasteiger partial charge in [0.1, 0.15) is 11.3 Å². The first kappa shape index (κ1) is 20.0. The van der Waals surface area contributed by atoms with Crippen molar-refractivity contribution in [1.82, 2.24) is 10.6 Å². The second-order valence-electron chi connectivity index (χ2n) is 7.19. The highest BCUT2D eigenvalue weighted by Crippen LogP contribution is 2.35. The van der Waals surface area contributed by atoms with Crippen LogP contribution in [-0.4, -0.2) is 23.4 Å². The standard InChI is InChI=1S/C21H26N2O2S/c1-15(19(24)23-21(2,3)4)22-20(25)18(16-11-7-5-8-12-16)26-17-13-9-6-10-14-17/h5-15,18H,1-4H3,(H,22,25)(H,23,24). The maximum absolute atomic E-state index is 12.9. The fraction of sp³-hybridized carbons (Fsp3) is 0.333. The summed E-state index contributed by atoms with van der Waals surface area (Å²) in [6.07, 6.45) is 0. The molecule has 2 N–H and O–H groups in total. The molecule has 2 aromatic carbocycles. The van der Waals surface area contributed by atoms with E-state index >= 15 is 0 Å². The molecule has 2 aromatic rings. The average Bonchev–Trinajstić information content (AvgIpc) is 2.59. The zero-order valence-corrected chi connectivity index (χ0v) is 16.5. The van der Waals surface area contributed by atoms with Gasteiger partial charge in [-0.05, 0) is 45.4 Å². The van der Waals surface area contributed by atoms with Crippen molar-refractivity contribution in [2.45, 2.75) is 49.4 Å². The van der Waals surface area contributed by atoms with Crippen LogP contribution in [0.3, 0.4) is 0 Å². The van der Waals surface area contributed by atoms with Gasteiger partial charge in [0.05, 0.1) is 0 Å². The molecule has 0 aliphatic heterocycles. The molecule has 2 amide bonds. The molecular formula is C21H26N2O2S. The maximum Gasteiger partial charge on any atom is 0.242 e. The van der Waals surface area contributed by atoms with Gasteiger partial charge in [-0.1, -0.05) is 48.5 Å². The van der Waals surface area contributed by atoms with Crippen molar-refractivity contribution < 1.29 is 9.59 Å². The molecule has 0 aliphatic carbocycles. The summed E-state index contributed by atoms with van der Waals surface area (Å²) >= 11 is 1.47. The van der Waals surface area contributed by atoms with Gasteiger partial charge in [0, 0.05) is 10.4 Å². The van der Waals surface area contributed by atoms with Crippen LogP contribution in [0.1, 0.15) is 38.5 Å². The number of thioether (sulfide) groups is 1. The van der Waals surface area contributed by atoms with Crippen LogP contribution >= 0.6 is 11.8 Å². The summed E-state index contributed by atoms with van der Waals surface area (Å²) in [7, 11) is 0. The summed E-state index contributed by atoms with van der Waals surface area (Å²) in [5.74, 6) is -0.371. The minimum absolute atomic E-state index is 0.179. The minimum Gasteiger partial charge on any atom is -0.350 e. The summed E-state index contributed by atoms with van der Waals surface area (Å²) in [5.41, 5.74) is 0.565. The van der Waals surface area contributed by atoms with Gasteiger partial charge >= 0.3 is 0 Å². The Hall–Kier alpha value is -2.27. The molecule has 0 radical (unpaired) electrons. The fourth-order valence-electron chi connectivity index (χ4n) is 2.37. The van der Waals surface area contributed by atoms with E-state index < -0.39 is 11.3 Å². The second kappa shape index (κ2) is 8.90. The lowest BCUT2D eigenvalue weighted by molar-refractivity contribution is -0.129. The predicted molar refractivity (Wildman–Crippen MR) is 107 cm³/mol. The van der Waals surface area contributed by atoms with Crippen LogP contribution in [0.4, 0.5) is 0 Å². The summed E-state index contributed by atoms with van der Waals surface area (Å²) in [6, 6.07) is 18.8. The van der Waals surface area contributed by atoms with Crippen molar-refractivity contribution in [3.05, 3.63) is 66.2 Å². The van der Waals surface area contributed by atoms with E-state index in [1.165, 1.54) is 11.8 Å². The highest BCUT2D eigenvalue weighted by atomic mass is 32.2. The summed E-state index contributed by atoms with van der Waals surface area (Å²) in [6.45, 7) is 7.45. The third kappa shape index (κ3) is 6.23. The van der Waals surface area contributed by atoms with Crippen LogP contribution in [0, 0.1) is 0 Å². The largest absolute Gasteiger partial charge is 0.350 e. The first-order chi connectivity index (χ1) is 12.3. The van der Waals surface area contributed by atoms with E-state index in [-0.39, 0.29) is 17.4 Å². The Labute approximate surface area is 159 Å². The van der Waals surface area contributed by atoms with Crippen molar-refractivity contribution in [2.75, 3.05) is 0 Å². The van der Waals surface area contributed by atoms with Gasteiger partial charge in [0.15, 0.2) is 0 Å². The van der Waals surface area contributed by atoms with Crippen LogP contribution in [0.5, 0.6) is 0 Å². The van der Waals surface area contributed by atoms with Crippen molar-refractivity contribution >= 4 is 23.6 Å². The first-order valence-electron chi connectivity index (χ1n) is 8.65. The van der Waals surface area contributed by atoms with Gasteiger partial charge in [-0.25, -0.2) is 0 Å². The zero-order chi connectivity index (χ0) is 19.2. The molecule has 0 bridgehead atoms. The lowest BCUT2D eigenvalue weighted by Gasteiger charge is -2.25. The number of benzene rings is 2. The van der Waals surface area contributed by atoms with Crippen LogP contribution < -0.4 is 10.6 Å². The van der Waals surface area contributed by atoms with Gasteiger partial charge < -0.3 is 10.6 Å². The number of carbonyl (C=O) groups excluding carboxylic acids is 2. The van der Waals surface area contributed by atoms with E-state index in [4.69, 9.17) is 0 Å². The number of rotatable bonds is 6. The van der Waals surface area contributed by atoms with E-state index in [0.29, 0.717) is 0 Å². The molecule has 5 heteroatoms. The minimum atomic E-state index is -0.607. The Kier molecular flexibility index (Phi) is 6.86. The van der Waals surface area contributed by atoms with Crippen LogP contribution in [0.15, 0.2) is 65.6 Å². The van der Waals surface area contributed by atoms with Crippen LogP contribution in [0.2, 0.25) is 0 Å². The molecule has 0 fully saturated rings. The Morgan fingerprint density at radius 1 is 0.885 bits per heavy atom. The lowest BCUT2D eigenvalue weighted by Crippen LogP contribution is -2.51. The topological polar surface area (TPSA) is 58.2 Å². The van der Waals surface area contributed by atoms with E-state index in [9.17, 15) is 9.59 Å². The normalized spacial score (nSPS) is 13.5. The summed E-state index contributed by atoms with van der Waals surface area (Å²) < 4.78 is 0. The van der Waals surface area contributed by atoms with Gasteiger partial charge in [0.2, 0.25) is 11.8 Å². The van der Waals surface area contributed by atoms with Gasteiger partial charge in [-0.3, -0.25) is 9.59 Å². The number of nitrogens with one attached hydrogen (secondary N) is 2. The number of hydrogen-bond donors (Lipinski definition) is 2. The van der Waals surface area contributed by atoms with Gasteiger partial charge in [-0.15, -0.1) is 11.8 Å². The summed E-state index contributed by atoms with van der Waals surface area (Å²) in [4.78, 5) is 26.2. The van der Waals surface area contributed by atoms with Crippen LogP contribution in [0.25, 0.3) is 0 Å². The monoisotopic (exact) mass is 370 g/mol. The lowest BCUT2D eigenvalue weighted by atomic mass is 10.1. The van der Waals surface area contributed by atoms with E-state index in [0.717, 1.165) is 10.5 Å². The Morgan fingerprint density at radius 2 is 1.42 bits per heavy atom. The van der Waals surface area contributed by atoms with Crippen molar-refractivity contribution in [2.24, 2.45) is 0 Å². The molecule has 4 nitrogen and oxygen atoms in total. The zero-order valence-electron chi connectivity index (χ0n) is 15.7. The van der Waals surface area contributed by atoms with Crippen molar-refractivity contribution in [3.8, 4) is 0 Å². The fourth-order valence-corrected chi connectivity index (χ4v) is 3.42. The second-order valence-corrected chi connectivity index (χ2v) is 8.37. The van der Waals surface area contributed by atoms with E-state index in [1.54, 1.807) is 6.92 Å². The van der Waals surface area contributed by atoms with Gasteiger partial charge in [0.25, 0.3) is 0 Å². The smallest absolute Gasteiger partial charge is 0.242 e. The van der Waals surface area contributed by atoms with E-state index in [1.807, 2.05) is 81.4 Å². The molecule has 0 saturated heterocycles. The molecule has 2 atom stereocenters. The summed E-state index contributed by atoms with van der Waals surface area (Å²) in [5, 5.41) is 5.31. The molecule has 0 heterocycles. The third-order valence-corrected chi connectivity index (χ3v) is 4.85. The molecule has 2 unspecified atom stereocenters. The maximum atomic E-state index is 12.9. The quantitative estimate of drug-likeness (QED) is 0.757. The molecule has 0 aromatic heterocycles. The number of carbonyl (C=O) groups is 2. The van der Waals surface area contributed by atoms with Gasteiger partial charge in [-0.2, -0.15) is 0 Å². The molecule has 0 aliphatic rings.